The van der Waals surface area contributed by atoms with E-state index in [1.54, 1.807) is 0 Å². The molecule has 0 aromatic heterocycles. The number of ether oxygens (including phenoxy) is 1. The zero-order valence-electron chi connectivity index (χ0n) is 7.37. The number of rotatable bonds is 5. The Bertz CT molecular complexity index is 160. The van der Waals surface area contributed by atoms with Crippen molar-refractivity contribution in [3.8, 4) is 0 Å². The molecule has 86 valence electrons. The molecular formula is C7H10F6O. The van der Waals surface area contributed by atoms with E-state index in [0.29, 0.717) is 0 Å². The Morgan fingerprint density at radius 2 is 1.64 bits per heavy atom. The van der Waals surface area contributed by atoms with Crippen LogP contribution in [0.15, 0.2) is 0 Å². The van der Waals surface area contributed by atoms with Crippen LogP contribution in [-0.2, 0) is 4.74 Å². The SMILES string of the molecule is CCOC(CCF)C(F)(F)C(F)(F)F. The molecule has 0 fully saturated rings. The van der Waals surface area contributed by atoms with E-state index < -0.39 is 31.3 Å². The van der Waals surface area contributed by atoms with Gasteiger partial charge in [0.1, 0.15) is 6.10 Å². The predicted octanol–water partition coefficient (Wildman–Crippen LogP) is 2.95. The third-order valence-corrected chi connectivity index (χ3v) is 1.52. The number of hydrogen-bond donors (Lipinski definition) is 0. The molecule has 0 saturated heterocycles. The summed E-state index contributed by atoms with van der Waals surface area (Å²) in [6, 6.07) is 0. The van der Waals surface area contributed by atoms with Crippen LogP contribution >= 0.6 is 0 Å². The first-order valence-corrected chi connectivity index (χ1v) is 3.89. The molecule has 0 aromatic rings. The zero-order valence-corrected chi connectivity index (χ0v) is 7.37. The van der Waals surface area contributed by atoms with Crippen molar-refractivity contribution < 1.29 is 31.1 Å². The van der Waals surface area contributed by atoms with E-state index in [0.717, 1.165) is 0 Å². The van der Waals surface area contributed by atoms with Gasteiger partial charge in [-0.2, -0.15) is 22.0 Å². The molecule has 0 aromatic carbocycles. The van der Waals surface area contributed by atoms with Crippen molar-refractivity contribution in [1.29, 1.82) is 0 Å². The summed E-state index contributed by atoms with van der Waals surface area (Å²) >= 11 is 0. The van der Waals surface area contributed by atoms with Crippen LogP contribution in [0.25, 0.3) is 0 Å². The van der Waals surface area contributed by atoms with Gasteiger partial charge in [-0.3, -0.25) is 4.39 Å². The van der Waals surface area contributed by atoms with Crippen molar-refractivity contribution in [3.05, 3.63) is 0 Å². The Balaban J connectivity index is 4.61. The van der Waals surface area contributed by atoms with Crippen LogP contribution < -0.4 is 0 Å². The van der Waals surface area contributed by atoms with Gasteiger partial charge in [-0.1, -0.05) is 0 Å². The second kappa shape index (κ2) is 4.86. The van der Waals surface area contributed by atoms with E-state index in [2.05, 4.69) is 4.74 Å². The minimum absolute atomic E-state index is 0.323. The van der Waals surface area contributed by atoms with Gasteiger partial charge in [0, 0.05) is 13.0 Å². The Kier molecular flexibility index (Phi) is 4.70. The van der Waals surface area contributed by atoms with E-state index in [-0.39, 0.29) is 6.61 Å². The molecule has 0 N–H and O–H groups in total. The van der Waals surface area contributed by atoms with Crippen molar-refractivity contribution in [2.24, 2.45) is 0 Å². The topological polar surface area (TPSA) is 9.23 Å². The fourth-order valence-corrected chi connectivity index (χ4v) is 0.852. The lowest BCUT2D eigenvalue weighted by Crippen LogP contribution is -2.48. The second-order valence-electron chi connectivity index (χ2n) is 2.54. The highest BCUT2D eigenvalue weighted by atomic mass is 19.4. The van der Waals surface area contributed by atoms with Crippen LogP contribution in [0.5, 0.6) is 0 Å². The van der Waals surface area contributed by atoms with Crippen molar-refractivity contribution in [3.63, 3.8) is 0 Å². The Morgan fingerprint density at radius 3 is 1.93 bits per heavy atom. The lowest BCUT2D eigenvalue weighted by atomic mass is 10.1. The van der Waals surface area contributed by atoms with Crippen LogP contribution in [-0.4, -0.2) is 31.5 Å². The molecule has 0 aliphatic carbocycles. The van der Waals surface area contributed by atoms with E-state index >= 15 is 0 Å². The molecule has 1 unspecified atom stereocenters. The number of halogens is 6. The molecule has 0 bridgehead atoms. The Hall–Kier alpha value is -0.460. The molecule has 0 aliphatic heterocycles. The smallest absolute Gasteiger partial charge is 0.372 e. The predicted molar refractivity (Wildman–Crippen MR) is 37.0 cm³/mol. The van der Waals surface area contributed by atoms with Crippen LogP contribution in [0.1, 0.15) is 13.3 Å². The second-order valence-corrected chi connectivity index (χ2v) is 2.54. The van der Waals surface area contributed by atoms with Crippen LogP contribution in [0.4, 0.5) is 26.3 Å². The molecule has 0 radical (unpaired) electrons. The van der Waals surface area contributed by atoms with E-state index in [4.69, 9.17) is 0 Å². The summed E-state index contributed by atoms with van der Waals surface area (Å²) in [6.07, 6.45) is -9.12. The third kappa shape index (κ3) is 3.04. The average Bonchev–Trinajstić information content (AvgIpc) is 2.02. The zero-order chi connectivity index (χ0) is 11.4. The normalized spacial score (nSPS) is 15.6. The van der Waals surface area contributed by atoms with Crippen LogP contribution in [0.2, 0.25) is 0 Å². The van der Waals surface area contributed by atoms with Crippen molar-refractivity contribution >= 4 is 0 Å². The first kappa shape index (κ1) is 13.5. The fourth-order valence-electron chi connectivity index (χ4n) is 0.852. The first-order valence-electron chi connectivity index (χ1n) is 3.89. The summed E-state index contributed by atoms with van der Waals surface area (Å²) in [5, 5.41) is 0. The van der Waals surface area contributed by atoms with Crippen molar-refractivity contribution in [2.45, 2.75) is 31.5 Å². The third-order valence-electron chi connectivity index (χ3n) is 1.52. The molecule has 0 amide bonds. The van der Waals surface area contributed by atoms with Gasteiger partial charge in [0.15, 0.2) is 0 Å². The van der Waals surface area contributed by atoms with Gasteiger partial charge < -0.3 is 4.74 Å². The molecular weight excluding hydrogens is 214 g/mol. The van der Waals surface area contributed by atoms with Gasteiger partial charge in [-0.25, -0.2) is 0 Å². The highest BCUT2D eigenvalue weighted by molar-refractivity contribution is 4.85. The minimum atomic E-state index is -5.71. The quantitative estimate of drug-likeness (QED) is 0.652. The lowest BCUT2D eigenvalue weighted by molar-refractivity contribution is -0.319. The molecule has 1 nitrogen and oxygen atoms in total. The van der Waals surface area contributed by atoms with Gasteiger partial charge in [0.2, 0.25) is 0 Å². The largest absolute Gasteiger partial charge is 0.456 e. The number of alkyl halides is 6. The maximum Gasteiger partial charge on any atom is 0.456 e. The molecule has 0 saturated carbocycles. The lowest BCUT2D eigenvalue weighted by Gasteiger charge is -2.27. The van der Waals surface area contributed by atoms with E-state index in [9.17, 15) is 26.3 Å². The minimum Gasteiger partial charge on any atom is -0.372 e. The average molecular weight is 224 g/mol. The Morgan fingerprint density at radius 1 is 1.14 bits per heavy atom. The molecule has 0 rings (SSSR count). The molecule has 7 heteroatoms. The van der Waals surface area contributed by atoms with E-state index in [1.807, 2.05) is 0 Å². The molecule has 0 aliphatic rings. The monoisotopic (exact) mass is 224 g/mol. The highest BCUT2D eigenvalue weighted by Crippen LogP contribution is 2.40. The van der Waals surface area contributed by atoms with Crippen molar-refractivity contribution in [1.82, 2.24) is 0 Å². The summed E-state index contributed by atoms with van der Waals surface area (Å²) in [6.45, 7) is -0.343. The Labute approximate surface area is 77.0 Å². The molecule has 1 atom stereocenters. The molecule has 0 heterocycles. The van der Waals surface area contributed by atoms with Gasteiger partial charge in [-0.15, -0.1) is 0 Å². The summed E-state index contributed by atoms with van der Waals surface area (Å²) in [7, 11) is 0. The van der Waals surface area contributed by atoms with Crippen LogP contribution in [0, 0.1) is 0 Å². The highest BCUT2D eigenvalue weighted by Gasteiger charge is 2.62. The van der Waals surface area contributed by atoms with Gasteiger partial charge in [0.05, 0.1) is 6.67 Å². The van der Waals surface area contributed by atoms with Crippen LogP contribution in [0.3, 0.4) is 0 Å². The van der Waals surface area contributed by atoms with E-state index in [1.165, 1.54) is 6.92 Å². The van der Waals surface area contributed by atoms with Gasteiger partial charge in [0.25, 0.3) is 0 Å². The summed E-state index contributed by atoms with van der Waals surface area (Å²) < 4.78 is 76.3. The maximum absolute atomic E-state index is 12.6. The summed E-state index contributed by atoms with van der Waals surface area (Å²) in [5.41, 5.74) is 0. The number of hydrogen-bond acceptors (Lipinski definition) is 1. The summed E-state index contributed by atoms with van der Waals surface area (Å²) in [4.78, 5) is 0. The van der Waals surface area contributed by atoms with Gasteiger partial charge >= 0.3 is 12.1 Å². The standard InChI is InChI=1S/C7H10F6O/c1-2-14-5(3-4-8)6(9,10)7(11,12)13/h5H,2-4H2,1H3. The molecule has 0 spiro atoms. The van der Waals surface area contributed by atoms with Crippen molar-refractivity contribution in [2.75, 3.05) is 13.3 Å². The molecule has 14 heavy (non-hydrogen) atoms. The van der Waals surface area contributed by atoms with Gasteiger partial charge in [-0.05, 0) is 6.92 Å². The fraction of sp³-hybridized carbons (Fsp3) is 1.00. The first-order chi connectivity index (χ1) is 6.27. The maximum atomic E-state index is 12.6. The summed E-state index contributed by atoms with van der Waals surface area (Å²) in [5.74, 6) is -5.00.